The van der Waals surface area contributed by atoms with Gasteiger partial charge in [-0.25, -0.2) is 14.4 Å². The molecule has 1 saturated heterocycles. The van der Waals surface area contributed by atoms with Crippen LogP contribution >= 0.6 is 0 Å². The first kappa shape index (κ1) is 49.4. The normalized spacial score (nSPS) is 16.8. The van der Waals surface area contributed by atoms with E-state index in [2.05, 4.69) is 39.3 Å². The number of carboxylic acid groups (broad SMARTS) is 1. The van der Waals surface area contributed by atoms with Crippen LogP contribution in [-0.4, -0.2) is 99.7 Å². The Morgan fingerprint density at radius 1 is 0.656 bits per heavy atom. The van der Waals surface area contributed by atoms with Gasteiger partial charge >= 0.3 is 29.7 Å². The van der Waals surface area contributed by atoms with Crippen molar-refractivity contribution in [3.05, 3.63) is 132 Å². The molecule has 0 spiro atoms. The van der Waals surface area contributed by atoms with Crippen LogP contribution in [0.15, 0.2) is 115 Å². The lowest BCUT2D eigenvalue weighted by Crippen LogP contribution is -2.54. The molecule has 342 valence electrons. The molecule has 13 nitrogen and oxygen atoms in total. The van der Waals surface area contributed by atoms with Crippen LogP contribution in [0.25, 0.3) is 0 Å². The van der Waals surface area contributed by atoms with E-state index in [1.807, 2.05) is 91.0 Å². The Bertz CT molecular complexity index is 2130. The first-order valence-electron chi connectivity index (χ1n) is 21.6. The SMILES string of the molecule is C[C@H]([C@H](CCc1ccccc1)c1ccc(Oc2ccccc2)cc1)N(CC(=O)OCc1ccccc1)C(=O)[C@H]1OC(C(=O)OCC[Si](C)(C)C)(C(=O)OCC[Si](C)(C)C)O[C@@H]1C(=O)O. The van der Waals surface area contributed by atoms with E-state index < -0.39 is 82.4 Å². The molecule has 4 aromatic carbocycles. The number of nitrogens with zero attached hydrogens (tertiary/aromatic N) is 1. The van der Waals surface area contributed by atoms with Crippen molar-refractivity contribution in [2.24, 2.45) is 0 Å². The molecule has 15 heteroatoms. The van der Waals surface area contributed by atoms with E-state index in [-0.39, 0.29) is 19.8 Å². The summed E-state index contributed by atoms with van der Waals surface area (Å²) in [5, 5.41) is 10.6. The van der Waals surface area contributed by atoms with E-state index in [1.165, 1.54) is 4.90 Å². The molecular weight excluding hydrogens is 851 g/mol. The van der Waals surface area contributed by atoms with Gasteiger partial charge in [-0.2, -0.15) is 0 Å². The highest BCUT2D eigenvalue weighted by molar-refractivity contribution is 6.76. The molecule has 4 aromatic rings. The van der Waals surface area contributed by atoms with Gasteiger partial charge in [0.05, 0.1) is 13.2 Å². The third kappa shape index (κ3) is 14.2. The Hall–Kier alpha value is -5.62. The summed E-state index contributed by atoms with van der Waals surface area (Å²) >= 11 is 0. The summed E-state index contributed by atoms with van der Waals surface area (Å²) < 4.78 is 34.6. The molecule has 0 bridgehead atoms. The second-order valence-corrected chi connectivity index (χ2v) is 29.6. The van der Waals surface area contributed by atoms with Crippen LogP contribution in [-0.2, 0) is 60.7 Å². The molecule has 0 aromatic heterocycles. The van der Waals surface area contributed by atoms with Crippen LogP contribution < -0.4 is 4.74 Å². The Morgan fingerprint density at radius 3 is 1.66 bits per heavy atom. The number of carboxylic acids is 1. The second-order valence-electron chi connectivity index (χ2n) is 18.4. The summed E-state index contributed by atoms with van der Waals surface area (Å²) in [7, 11) is -3.51. The van der Waals surface area contributed by atoms with Gasteiger partial charge in [-0.15, -0.1) is 0 Å². The highest BCUT2D eigenvalue weighted by Gasteiger charge is 2.66. The molecule has 0 saturated carbocycles. The van der Waals surface area contributed by atoms with E-state index in [9.17, 15) is 24.3 Å². The van der Waals surface area contributed by atoms with E-state index in [0.29, 0.717) is 42.0 Å². The lowest BCUT2D eigenvalue weighted by molar-refractivity contribution is -0.227. The predicted molar refractivity (Wildman–Crippen MR) is 246 cm³/mol. The van der Waals surface area contributed by atoms with E-state index >= 15 is 4.79 Å². The zero-order chi connectivity index (χ0) is 46.5. The molecule has 1 heterocycles. The summed E-state index contributed by atoms with van der Waals surface area (Å²) in [5.74, 6) is -8.42. The minimum Gasteiger partial charge on any atom is -0.479 e. The van der Waals surface area contributed by atoms with Gasteiger partial charge in [0.25, 0.3) is 5.91 Å². The maximum atomic E-state index is 15.1. The second kappa shape index (κ2) is 22.3. The third-order valence-corrected chi connectivity index (χ3v) is 14.2. The predicted octanol–water partition coefficient (Wildman–Crippen LogP) is 8.48. The fourth-order valence-corrected chi connectivity index (χ4v) is 8.45. The minimum atomic E-state index is -3.04. The fraction of sp³-hybridized carbons (Fsp3) is 0.408. The van der Waals surface area contributed by atoms with E-state index in [4.69, 9.17) is 28.4 Å². The largest absolute Gasteiger partial charge is 0.479 e. The van der Waals surface area contributed by atoms with Gasteiger partial charge in [0.1, 0.15) is 24.7 Å². The average molecular weight is 912 g/mol. The van der Waals surface area contributed by atoms with Crippen molar-refractivity contribution < 1.29 is 57.5 Å². The van der Waals surface area contributed by atoms with Gasteiger partial charge in [-0.3, -0.25) is 9.59 Å². The van der Waals surface area contributed by atoms with E-state index in [0.717, 1.165) is 11.1 Å². The third-order valence-electron chi connectivity index (χ3n) is 10.8. The lowest BCUT2D eigenvalue weighted by Gasteiger charge is -2.36. The van der Waals surface area contributed by atoms with Gasteiger partial charge in [0, 0.05) is 28.1 Å². The number of ether oxygens (including phenoxy) is 6. The number of hydrogen-bond donors (Lipinski definition) is 1. The van der Waals surface area contributed by atoms with Crippen LogP contribution in [0.5, 0.6) is 11.5 Å². The number of amides is 1. The average Bonchev–Trinajstić information content (AvgIpc) is 3.68. The van der Waals surface area contributed by atoms with Gasteiger partial charge in [-0.05, 0) is 72.8 Å². The van der Waals surface area contributed by atoms with Gasteiger partial charge in [0.15, 0.2) is 12.2 Å². The first-order chi connectivity index (χ1) is 30.3. The van der Waals surface area contributed by atoms with Crippen LogP contribution in [0.1, 0.15) is 36.0 Å². The summed E-state index contributed by atoms with van der Waals surface area (Å²) in [6.45, 7) is 13.2. The maximum absolute atomic E-state index is 15.1. The fourth-order valence-electron chi connectivity index (χ4n) is 7.02. The van der Waals surface area contributed by atoms with Crippen molar-refractivity contribution in [3.63, 3.8) is 0 Å². The number of rotatable bonds is 22. The smallest absolute Gasteiger partial charge is 0.379 e. The molecule has 0 radical (unpaired) electrons. The molecule has 0 unspecified atom stereocenters. The Balaban J connectivity index is 1.53. The molecule has 64 heavy (non-hydrogen) atoms. The number of aliphatic carboxylic acids is 1. The van der Waals surface area contributed by atoms with Crippen LogP contribution in [0.3, 0.4) is 0 Å². The number of esters is 3. The Morgan fingerprint density at radius 2 is 1.14 bits per heavy atom. The summed E-state index contributed by atoms with van der Waals surface area (Å²) in [6.07, 6.45) is -3.20. The van der Waals surface area contributed by atoms with Gasteiger partial charge < -0.3 is 38.4 Å². The molecule has 1 amide bonds. The van der Waals surface area contributed by atoms with Gasteiger partial charge in [0.2, 0.25) is 0 Å². The number of carbonyl (C=O) groups is 5. The molecule has 1 aliphatic heterocycles. The van der Waals surface area contributed by atoms with E-state index in [1.54, 1.807) is 31.2 Å². The molecule has 1 N–H and O–H groups in total. The van der Waals surface area contributed by atoms with Crippen molar-refractivity contribution >= 4 is 45.9 Å². The summed E-state index contributed by atoms with van der Waals surface area (Å²) in [6, 6.07) is 35.7. The number of carbonyl (C=O) groups excluding carboxylic acids is 4. The zero-order valence-corrected chi connectivity index (χ0v) is 39.8. The summed E-state index contributed by atoms with van der Waals surface area (Å²) in [4.78, 5) is 71.1. The van der Waals surface area contributed by atoms with Crippen LogP contribution in [0.4, 0.5) is 0 Å². The topological polar surface area (TPSA) is 164 Å². The lowest BCUT2D eigenvalue weighted by atomic mass is 9.85. The Kier molecular flexibility index (Phi) is 17.2. The van der Waals surface area contributed by atoms with Gasteiger partial charge in [-0.1, -0.05) is 130 Å². The van der Waals surface area contributed by atoms with Crippen molar-refractivity contribution in [1.29, 1.82) is 0 Å². The van der Waals surface area contributed by atoms with Crippen molar-refractivity contribution in [1.82, 2.24) is 4.90 Å². The van der Waals surface area contributed by atoms with Crippen molar-refractivity contribution in [2.75, 3.05) is 19.8 Å². The highest BCUT2D eigenvalue weighted by atomic mass is 28.3. The molecular formula is C49H61NO12Si2. The maximum Gasteiger partial charge on any atom is 0.379 e. The number of para-hydroxylation sites is 1. The molecule has 1 fully saturated rings. The van der Waals surface area contributed by atoms with Crippen LogP contribution in [0, 0.1) is 0 Å². The highest BCUT2D eigenvalue weighted by Crippen LogP contribution is 2.37. The molecule has 0 aliphatic carbocycles. The quantitative estimate of drug-likeness (QED) is 0.0347. The standard InChI is InChI=1S/C49H61NO12Si2/c1-35(41(28-23-36-17-11-8-12-18-36)38-24-26-40(27-25-38)60-39-21-15-10-16-22-39)50(33-42(51)59-34-37-19-13-9-14-20-37)45(52)43-44(46(53)54)62-49(61-43,47(55)57-29-31-63(2,3)4)48(56)58-30-32-64(5,6)7/h8-22,24-27,35,41,43-44H,23,28-34H2,1-7H3,(H,53,54)/t35-,41+,43+,44+/m1/s1. The van der Waals surface area contributed by atoms with Crippen LogP contribution in [0.2, 0.25) is 51.4 Å². The number of hydrogen-bond acceptors (Lipinski definition) is 11. The monoisotopic (exact) mass is 911 g/mol. The minimum absolute atomic E-state index is 0.0905. The molecule has 5 rings (SSSR count). The summed E-state index contributed by atoms with van der Waals surface area (Å²) in [5.41, 5.74) is 2.54. The number of benzene rings is 4. The number of aryl methyl sites for hydroxylation is 1. The van der Waals surface area contributed by atoms with Crippen molar-refractivity contribution in [2.45, 2.75) is 108 Å². The van der Waals surface area contributed by atoms with Crippen molar-refractivity contribution in [3.8, 4) is 11.5 Å². The first-order valence-corrected chi connectivity index (χ1v) is 29.1. The molecule has 1 aliphatic rings. The zero-order valence-electron chi connectivity index (χ0n) is 37.8. The Labute approximate surface area is 378 Å². The molecule has 4 atom stereocenters.